The summed E-state index contributed by atoms with van der Waals surface area (Å²) in [6, 6.07) is 14.6. The number of carbonyl (C=O) groups is 1. The van der Waals surface area contributed by atoms with E-state index in [0.717, 1.165) is 12.8 Å². The third-order valence-electron chi connectivity index (χ3n) is 3.60. The van der Waals surface area contributed by atoms with Gasteiger partial charge in [-0.2, -0.15) is 0 Å². The first kappa shape index (κ1) is 11.3. The van der Waals surface area contributed by atoms with E-state index in [1.165, 1.54) is 16.3 Å². The molecule has 0 aliphatic heterocycles. The fourth-order valence-corrected chi connectivity index (χ4v) is 2.38. The molecule has 2 heteroatoms. The Hall–Kier alpha value is -1.83. The van der Waals surface area contributed by atoms with Crippen molar-refractivity contribution >= 4 is 16.7 Å². The fraction of sp³-hybridized carbons (Fsp3) is 0.312. The molecule has 2 nitrogen and oxygen atoms in total. The number of carbonyl (C=O) groups excluding carboxylic acids is 1. The molecule has 0 radical (unpaired) electrons. The zero-order valence-corrected chi connectivity index (χ0v) is 10.5. The quantitative estimate of drug-likeness (QED) is 0.873. The lowest BCUT2D eigenvalue weighted by molar-refractivity contribution is -0.122. The van der Waals surface area contributed by atoms with Gasteiger partial charge in [0.25, 0.3) is 0 Å². The topological polar surface area (TPSA) is 29.1 Å². The Morgan fingerprint density at radius 2 is 1.89 bits per heavy atom. The molecule has 1 N–H and O–H groups in total. The second-order valence-electron chi connectivity index (χ2n) is 5.07. The van der Waals surface area contributed by atoms with E-state index in [9.17, 15) is 4.79 Å². The maximum absolute atomic E-state index is 11.8. The van der Waals surface area contributed by atoms with Crippen LogP contribution in [0.4, 0.5) is 0 Å². The van der Waals surface area contributed by atoms with Crippen molar-refractivity contribution < 1.29 is 4.79 Å². The Bertz CT molecular complexity index is 581. The summed E-state index contributed by atoms with van der Waals surface area (Å²) in [5, 5.41) is 5.56. The van der Waals surface area contributed by atoms with Gasteiger partial charge < -0.3 is 5.32 Å². The number of benzene rings is 2. The minimum atomic E-state index is 0.0733. The average molecular weight is 239 g/mol. The summed E-state index contributed by atoms with van der Waals surface area (Å²) in [6.45, 7) is 2.06. The molecule has 1 aliphatic rings. The van der Waals surface area contributed by atoms with Crippen molar-refractivity contribution in [1.82, 2.24) is 5.32 Å². The highest BCUT2D eigenvalue weighted by molar-refractivity contribution is 5.87. The minimum Gasteiger partial charge on any atom is -0.349 e. The predicted molar refractivity (Wildman–Crippen MR) is 73.2 cm³/mol. The second kappa shape index (κ2) is 4.45. The molecule has 1 saturated carbocycles. The zero-order chi connectivity index (χ0) is 12.5. The largest absolute Gasteiger partial charge is 0.349 e. The van der Waals surface area contributed by atoms with E-state index in [0.29, 0.717) is 0 Å². The van der Waals surface area contributed by atoms with Gasteiger partial charge in [0.15, 0.2) is 0 Å². The van der Waals surface area contributed by atoms with Crippen LogP contribution in [0.5, 0.6) is 0 Å². The molecule has 0 spiro atoms. The molecule has 1 aliphatic carbocycles. The number of hydrogen-bond acceptors (Lipinski definition) is 1. The summed E-state index contributed by atoms with van der Waals surface area (Å²) < 4.78 is 0. The number of rotatable bonds is 3. The van der Waals surface area contributed by atoms with Crippen molar-refractivity contribution in [2.24, 2.45) is 5.92 Å². The van der Waals surface area contributed by atoms with Gasteiger partial charge >= 0.3 is 0 Å². The molecule has 1 atom stereocenters. The molecule has 2 aromatic rings. The standard InChI is InChI=1S/C16H17NO/c1-11(17-16(18)13-9-10-13)14-8-4-6-12-5-2-3-7-15(12)14/h2-8,11,13H,9-10H2,1H3,(H,17,18). The van der Waals surface area contributed by atoms with Crippen LogP contribution in [0, 0.1) is 5.92 Å². The summed E-state index contributed by atoms with van der Waals surface area (Å²) in [6.07, 6.45) is 2.10. The summed E-state index contributed by atoms with van der Waals surface area (Å²) in [5.41, 5.74) is 1.20. The molecule has 3 rings (SSSR count). The van der Waals surface area contributed by atoms with Crippen LogP contribution in [0.2, 0.25) is 0 Å². The van der Waals surface area contributed by atoms with Crippen molar-refractivity contribution in [1.29, 1.82) is 0 Å². The highest BCUT2D eigenvalue weighted by Gasteiger charge is 2.30. The maximum Gasteiger partial charge on any atom is 0.223 e. The van der Waals surface area contributed by atoms with E-state index in [2.05, 4.69) is 42.6 Å². The average Bonchev–Trinajstić information content (AvgIpc) is 3.22. The molecule has 18 heavy (non-hydrogen) atoms. The third kappa shape index (κ3) is 2.10. The van der Waals surface area contributed by atoms with Crippen LogP contribution in [0.1, 0.15) is 31.4 Å². The summed E-state index contributed by atoms with van der Waals surface area (Å²) in [5.74, 6) is 0.470. The summed E-state index contributed by atoms with van der Waals surface area (Å²) >= 11 is 0. The van der Waals surface area contributed by atoms with E-state index in [1.807, 2.05) is 12.1 Å². The van der Waals surface area contributed by atoms with Crippen molar-refractivity contribution in [2.45, 2.75) is 25.8 Å². The monoisotopic (exact) mass is 239 g/mol. The zero-order valence-electron chi connectivity index (χ0n) is 10.5. The van der Waals surface area contributed by atoms with Gasteiger partial charge in [-0.3, -0.25) is 4.79 Å². The smallest absolute Gasteiger partial charge is 0.223 e. The van der Waals surface area contributed by atoms with Gasteiger partial charge in [-0.15, -0.1) is 0 Å². The van der Waals surface area contributed by atoms with Gasteiger partial charge in [0, 0.05) is 5.92 Å². The minimum absolute atomic E-state index is 0.0733. The SMILES string of the molecule is CC(NC(=O)C1CC1)c1cccc2ccccc12. The molecule has 92 valence electrons. The Morgan fingerprint density at radius 1 is 1.17 bits per heavy atom. The van der Waals surface area contributed by atoms with Crippen LogP contribution < -0.4 is 5.32 Å². The van der Waals surface area contributed by atoms with E-state index >= 15 is 0 Å². The van der Waals surface area contributed by atoms with E-state index in [-0.39, 0.29) is 17.9 Å². The molecular formula is C16H17NO. The van der Waals surface area contributed by atoms with Crippen molar-refractivity contribution in [3.63, 3.8) is 0 Å². The van der Waals surface area contributed by atoms with Crippen LogP contribution in [-0.4, -0.2) is 5.91 Å². The molecule has 1 amide bonds. The van der Waals surface area contributed by atoms with Crippen LogP contribution in [0.15, 0.2) is 42.5 Å². The Morgan fingerprint density at radius 3 is 2.67 bits per heavy atom. The van der Waals surface area contributed by atoms with E-state index < -0.39 is 0 Å². The first-order chi connectivity index (χ1) is 8.75. The number of nitrogens with one attached hydrogen (secondary N) is 1. The second-order valence-corrected chi connectivity index (χ2v) is 5.07. The van der Waals surface area contributed by atoms with Crippen LogP contribution >= 0.6 is 0 Å². The first-order valence-electron chi connectivity index (χ1n) is 6.54. The molecule has 1 fully saturated rings. The normalized spacial score (nSPS) is 16.5. The molecule has 1 unspecified atom stereocenters. The van der Waals surface area contributed by atoms with Crippen LogP contribution in [0.25, 0.3) is 10.8 Å². The molecule has 0 heterocycles. The van der Waals surface area contributed by atoms with E-state index in [4.69, 9.17) is 0 Å². The molecule has 0 bridgehead atoms. The summed E-state index contributed by atoms with van der Waals surface area (Å²) in [4.78, 5) is 11.8. The van der Waals surface area contributed by atoms with Crippen molar-refractivity contribution in [3.8, 4) is 0 Å². The molecule has 0 saturated heterocycles. The lowest BCUT2D eigenvalue weighted by atomic mass is 9.99. The van der Waals surface area contributed by atoms with Gasteiger partial charge in [0.05, 0.1) is 6.04 Å². The van der Waals surface area contributed by atoms with Crippen molar-refractivity contribution in [2.75, 3.05) is 0 Å². The Balaban J connectivity index is 1.90. The van der Waals surface area contributed by atoms with Crippen molar-refractivity contribution in [3.05, 3.63) is 48.0 Å². The fourth-order valence-electron chi connectivity index (χ4n) is 2.38. The lowest BCUT2D eigenvalue weighted by Crippen LogP contribution is -2.27. The first-order valence-corrected chi connectivity index (χ1v) is 6.54. The lowest BCUT2D eigenvalue weighted by Gasteiger charge is -2.16. The highest BCUT2D eigenvalue weighted by Crippen LogP contribution is 2.30. The Labute approximate surface area is 107 Å². The highest BCUT2D eigenvalue weighted by atomic mass is 16.2. The molecular weight excluding hydrogens is 222 g/mol. The van der Waals surface area contributed by atoms with E-state index in [1.54, 1.807) is 0 Å². The van der Waals surface area contributed by atoms with Crippen LogP contribution in [0.3, 0.4) is 0 Å². The number of amides is 1. The maximum atomic E-state index is 11.8. The summed E-state index contributed by atoms with van der Waals surface area (Å²) in [7, 11) is 0. The third-order valence-corrected chi connectivity index (χ3v) is 3.60. The van der Waals surface area contributed by atoms with Gasteiger partial charge in [-0.05, 0) is 36.1 Å². The molecule has 2 aromatic carbocycles. The van der Waals surface area contributed by atoms with Crippen LogP contribution in [-0.2, 0) is 4.79 Å². The molecule has 0 aromatic heterocycles. The number of hydrogen-bond donors (Lipinski definition) is 1. The number of fused-ring (bicyclic) bond motifs is 1. The van der Waals surface area contributed by atoms with Gasteiger partial charge in [-0.1, -0.05) is 42.5 Å². The van der Waals surface area contributed by atoms with Gasteiger partial charge in [-0.25, -0.2) is 0 Å². The Kier molecular flexibility index (Phi) is 2.78. The predicted octanol–water partition coefficient (Wildman–Crippen LogP) is 3.43. The van der Waals surface area contributed by atoms with Gasteiger partial charge in [0.1, 0.15) is 0 Å². The van der Waals surface area contributed by atoms with Gasteiger partial charge in [0.2, 0.25) is 5.91 Å².